The molecule has 0 saturated carbocycles. The molecule has 2 heterocycles. The molecule has 2 atom stereocenters. The summed E-state index contributed by atoms with van der Waals surface area (Å²) in [4.78, 5) is 15.5. The van der Waals surface area contributed by atoms with Crippen molar-refractivity contribution >= 4 is 6.09 Å². The predicted octanol–water partition coefficient (Wildman–Crippen LogP) is 2.04. The van der Waals surface area contributed by atoms with Crippen molar-refractivity contribution in [1.29, 1.82) is 0 Å². The molecule has 0 aromatic rings. The maximum Gasteiger partial charge on any atom is 0.410 e. The third kappa shape index (κ3) is 3.13. The van der Waals surface area contributed by atoms with E-state index in [1.807, 2.05) is 20.8 Å². The molecular weight excluding hydrogens is 235 g/mol. The first-order chi connectivity index (χ1) is 8.37. The summed E-state index contributed by atoms with van der Waals surface area (Å²) in [5, 5.41) is 0. The van der Waals surface area contributed by atoms with Crippen LogP contribution in [0, 0.1) is 0 Å². The van der Waals surface area contributed by atoms with Crippen molar-refractivity contribution < 1.29 is 13.9 Å². The number of alkyl halides is 1. The van der Waals surface area contributed by atoms with Gasteiger partial charge in [0, 0.05) is 6.54 Å². The zero-order valence-electron chi connectivity index (χ0n) is 11.5. The number of nitrogens with zero attached hydrogens (tertiary/aromatic N) is 2. The predicted molar refractivity (Wildman–Crippen MR) is 67.3 cm³/mol. The minimum absolute atomic E-state index is 0.139. The van der Waals surface area contributed by atoms with Crippen LogP contribution in [0.1, 0.15) is 33.6 Å². The van der Waals surface area contributed by atoms with Gasteiger partial charge in [0.15, 0.2) is 0 Å². The fraction of sp³-hybridized carbons (Fsp3) is 0.923. The summed E-state index contributed by atoms with van der Waals surface area (Å²) in [6.45, 7) is 8.00. The maximum absolute atomic E-state index is 14.0. The molecule has 18 heavy (non-hydrogen) atoms. The first-order valence-electron chi connectivity index (χ1n) is 6.73. The van der Waals surface area contributed by atoms with Crippen LogP contribution in [0.3, 0.4) is 0 Å². The van der Waals surface area contributed by atoms with E-state index in [2.05, 4.69) is 4.90 Å². The summed E-state index contributed by atoms with van der Waals surface area (Å²) in [5.41, 5.74) is -0.519. The summed E-state index contributed by atoms with van der Waals surface area (Å²) >= 11 is 0. The van der Waals surface area contributed by atoms with E-state index in [1.165, 1.54) is 4.90 Å². The van der Waals surface area contributed by atoms with Gasteiger partial charge in [0.25, 0.3) is 0 Å². The molecule has 0 spiro atoms. The Morgan fingerprint density at radius 2 is 1.83 bits per heavy atom. The normalized spacial score (nSPS) is 29.9. The zero-order valence-corrected chi connectivity index (χ0v) is 11.5. The van der Waals surface area contributed by atoms with Gasteiger partial charge in [0.2, 0.25) is 0 Å². The molecule has 2 unspecified atom stereocenters. The fourth-order valence-corrected chi connectivity index (χ4v) is 2.64. The molecule has 2 rings (SSSR count). The number of carbonyl (C=O) groups is 1. The number of rotatable bonds is 1. The lowest BCUT2D eigenvalue weighted by Crippen LogP contribution is -2.41. The first-order valence-corrected chi connectivity index (χ1v) is 6.73. The minimum atomic E-state index is -0.949. The van der Waals surface area contributed by atoms with Crippen molar-refractivity contribution in [3.63, 3.8) is 0 Å². The van der Waals surface area contributed by atoms with E-state index in [4.69, 9.17) is 4.74 Å². The fourth-order valence-electron chi connectivity index (χ4n) is 2.64. The van der Waals surface area contributed by atoms with E-state index >= 15 is 0 Å². The van der Waals surface area contributed by atoms with Crippen LogP contribution in [-0.4, -0.2) is 59.9 Å². The van der Waals surface area contributed by atoms with Gasteiger partial charge >= 0.3 is 6.09 Å². The second-order valence-electron chi connectivity index (χ2n) is 6.21. The molecule has 4 nitrogen and oxygen atoms in total. The van der Waals surface area contributed by atoms with Crippen molar-refractivity contribution in [2.45, 2.75) is 51.4 Å². The largest absolute Gasteiger partial charge is 0.444 e. The van der Waals surface area contributed by atoms with E-state index < -0.39 is 17.9 Å². The van der Waals surface area contributed by atoms with Crippen molar-refractivity contribution in [1.82, 2.24) is 9.80 Å². The van der Waals surface area contributed by atoms with E-state index in [1.54, 1.807) is 0 Å². The molecular formula is C13H23FN2O2. The van der Waals surface area contributed by atoms with Gasteiger partial charge in [-0.05, 0) is 46.7 Å². The summed E-state index contributed by atoms with van der Waals surface area (Å²) in [5.74, 6) is 0. The SMILES string of the molecule is CC(C)(C)OC(=O)N1CC(F)C(N2CCCC2)C1. The average Bonchev–Trinajstić information content (AvgIpc) is 2.82. The van der Waals surface area contributed by atoms with Gasteiger partial charge in [-0.15, -0.1) is 0 Å². The Morgan fingerprint density at radius 3 is 2.39 bits per heavy atom. The van der Waals surface area contributed by atoms with Crippen LogP contribution < -0.4 is 0 Å². The van der Waals surface area contributed by atoms with Gasteiger partial charge in [0.05, 0.1) is 12.6 Å². The summed E-state index contributed by atoms with van der Waals surface area (Å²) in [6.07, 6.45) is 0.924. The van der Waals surface area contributed by atoms with E-state index in [-0.39, 0.29) is 12.6 Å². The van der Waals surface area contributed by atoms with Crippen LogP contribution in [0.5, 0.6) is 0 Å². The molecule has 0 aromatic carbocycles. The number of likely N-dealkylation sites (tertiary alicyclic amines) is 2. The molecule has 5 heteroatoms. The van der Waals surface area contributed by atoms with Gasteiger partial charge < -0.3 is 9.64 Å². The van der Waals surface area contributed by atoms with Crippen LogP contribution in [-0.2, 0) is 4.74 Å². The summed E-state index contributed by atoms with van der Waals surface area (Å²) in [6, 6.07) is -0.139. The number of ether oxygens (including phenoxy) is 1. The van der Waals surface area contributed by atoms with Crippen molar-refractivity contribution in [2.75, 3.05) is 26.2 Å². The lowest BCUT2D eigenvalue weighted by atomic mass is 10.2. The van der Waals surface area contributed by atoms with Crippen molar-refractivity contribution in [3.8, 4) is 0 Å². The molecule has 0 aliphatic carbocycles. The number of hydrogen-bond donors (Lipinski definition) is 0. The molecule has 2 saturated heterocycles. The topological polar surface area (TPSA) is 32.8 Å². The van der Waals surface area contributed by atoms with Crippen LogP contribution in [0.15, 0.2) is 0 Å². The third-order valence-corrected chi connectivity index (χ3v) is 3.48. The molecule has 104 valence electrons. The smallest absolute Gasteiger partial charge is 0.410 e. The highest BCUT2D eigenvalue weighted by molar-refractivity contribution is 5.68. The number of carbonyl (C=O) groups excluding carboxylic acids is 1. The standard InChI is InChI=1S/C13H23FN2O2/c1-13(2,3)18-12(17)16-8-10(14)11(9-16)15-6-4-5-7-15/h10-11H,4-9H2,1-3H3. The molecule has 1 amide bonds. The van der Waals surface area contributed by atoms with Gasteiger partial charge in [-0.1, -0.05) is 0 Å². The summed E-state index contributed by atoms with van der Waals surface area (Å²) < 4.78 is 19.3. The lowest BCUT2D eigenvalue weighted by Gasteiger charge is -2.26. The Labute approximate surface area is 108 Å². The van der Waals surface area contributed by atoms with Gasteiger partial charge in [-0.2, -0.15) is 0 Å². The maximum atomic E-state index is 14.0. The Morgan fingerprint density at radius 1 is 1.22 bits per heavy atom. The van der Waals surface area contributed by atoms with Gasteiger partial charge in [-0.3, -0.25) is 4.90 Å². The highest BCUT2D eigenvalue weighted by Gasteiger charge is 2.40. The Kier molecular flexibility index (Phi) is 3.80. The minimum Gasteiger partial charge on any atom is -0.444 e. The van der Waals surface area contributed by atoms with E-state index in [0.29, 0.717) is 6.54 Å². The number of halogens is 1. The average molecular weight is 258 g/mol. The molecule has 0 bridgehead atoms. The first kappa shape index (κ1) is 13.6. The number of amides is 1. The lowest BCUT2D eigenvalue weighted by molar-refractivity contribution is 0.0278. The molecule has 0 radical (unpaired) electrons. The molecule has 0 aromatic heterocycles. The van der Waals surface area contributed by atoms with Gasteiger partial charge in [0.1, 0.15) is 11.8 Å². The van der Waals surface area contributed by atoms with E-state index in [0.717, 1.165) is 25.9 Å². The third-order valence-electron chi connectivity index (χ3n) is 3.48. The van der Waals surface area contributed by atoms with Crippen LogP contribution in [0.4, 0.5) is 9.18 Å². The van der Waals surface area contributed by atoms with Crippen LogP contribution in [0.25, 0.3) is 0 Å². The van der Waals surface area contributed by atoms with Crippen molar-refractivity contribution in [2.24, 2.45) is 0 Å². The monoisotopic (exact) mass is 258 g/mol. The van der Waals surface area contributed by atoms with Crippen LogP contribution >= 0.6 is 0 Å². The molecule has 0 N–H and O–H groups in total. The summed E-state index contributed by atoms with van der Waals surface area (Å²) in [7, 11) is 0. The second-order valence-corrected chi connectivity index (χ2v) is 6.21. The molecule has 2 aliphatic rings. The quantitative estimate of drug-likeness (QED) is 0.721. The zero-order chi connectivity index (χ0) is 13.3. The van der Waals surface area contributed by atoms with E-state index in [9.17, 15) is 9.18 Å². The van der Waals surface area contributed by atoms with Crippen molar-refractivity contribution in [3.05, 3.63) is 0 Å². The molecule has 2 aliphatic heterocycles. The second kappa shape index (κ2) is 5.03. The highest BCUT2D eigenvalue weighted by atomic mass is 19.1. The Hall–Kier alpha value is -0.840. The number of hydrogen-bond acceptors (Lipinski definition) is 3. The Balaban J connectivity index is 1.91. The van der Waals surface area contributed by atoms with Crippen LogP contribution in [0.2, 0.25) is 0 Å². The Bertz CT molecular complexity index is 311. The van der Waals surface area contributed by atoms with Gasteiger partial charge in [-0.25, -0.2) is 9.18 Å². The molecule has 2 fully saturated rings. The highest BCUT2D eigenvalue weighted by Crippen LogP contribution is 2.24.